The lowest BCUT2D eigenvalue weighted by Crippen LogP contribution is -2.64. The van der Waals surface area contributed by atoms with Gasteiger partial charge >= 0.3 is 0 Å². The van der Waals surface area contributed by atoms with E-state index in [0.29, 0.717) is 12.6 Å². The Morgan fingerprint density at radius 2 is 2.00 bits per heavy atom. The maximum absolute atomic E-state index is 12.3. The first-order chi connectivity index (χ1) is 7.99. The highest BCUT2D eigenvalue weighted by atomic mass is 16.2. The van der Waals surface area contributed by atoms with Gasteiger partial charge in [0.25, 0.3) is 0 Å². The van der Waals surface area contributed by atoms with Crippen LogP contribution in [0.4, 0.5) is 0 Å². The van der Waals surface area contributed by atoms with Gasteiger partial charge in [-0.2, -0.15) is 0 Å². The molecule has 1 aromatic carbocycles. The first-order valence-corrected chi connectivity index (χ1v) is 6.10. The number of nitrogens with one attached hydrogen (secondary N) is 1. The summed E-state index contributed by atoms with van der Waals surface area (Å²) in [5.74, 6) is 0.180. The largest absolute Gasteiger partial charge is 0.335 e. The van der Waals surface area contributed by atoms with Gasteiger partial charge in [0.1, 0.15) is 0 Å². The molecular weight excluding hydrogens is 212 g/mol. The Balaban J connectivity index is 2.13. The van der Waals surface area contributed by atoms with Gasteiger partial charge in [0, 0.05) is 19.1 Å². The predicted octanol–water partition coefficient (Wildman–Crippen LogP) is 1.79. The Morgan fingerprint density at radius 1 is 1.35 bits per heavy atom. The molecule has 1 aliphatic heterocycles. The number of nitrogens with zero attached hydrogens (tertiary/aromatic N) is 1. The molecule has 92 valence electrons. The zero-order chi connectivity index (χ0) is 12.5. The molecule has 0 saturated carbocycles. The van der Waals surface area contributed by atoms with Crippen molar-refractivity contribution in [3.05, 3.63) is 35.9 Å². The van der Waals surface area contributed by atoms with Crippen LogP contribution in [-0.2, 0) is 11.3 Å². The van der Waals surface area contributed by atoms with Crippen molar-refractivity contribution in [1.29, 1.82) is 0 Å². The number of hydrogen-bond acceptors (Lipinski definition) is 2. The van der Waals surface area contributed by atoms with Crippen LogP contribution in [0.5, 0.6) is 0 Å². The fraction of sp³-hybridized carbons (Fsp3) is 0.500. The minimum atomic E-state index is -0.452. The van der Waals surface area contributed by atoms with Crippen molar-refractivity contribution in [3.63, 3.8) is 0 Å². The fourth-order valence-electron chi connectivity index (χ4n) is 2.47. The number of rotatable bonds is 2. The van der Waals surface area contributed by atoms with Crippen LogP contribution < -0.4 is 5.32 Å². The van der Waals surface area contributed by atoms with E-state index in [9.17, 15) is 4.79 Å². The van der Waals surface area contributed by atoms with Gasteiger partial charge in [0.15, 0.2) is 0 Å². The summed E-state index contributed by atoms with van der Waals surface area (Å²) in [6.45, 7) is 7.49. The van der Waals surface area contributed by atoms with Gasteiger partial charge in [-0.05, 0) is 26.3 Å². The molecule has 1 amide bonds. The lowest BCUT2D eigenvalue weighted by atomic mass is 9.97. The topological polar surface area (TPSA) is 32.3 Å². The third kappa shape index (κ3) is 2.67. The van der Waals surface area contributed by atoms with E-state index in [0.717, 1.165) is 6.54 Å². The summed E-state index contributed by atoms with van der Waals surface area (Å²) >= 11 is 0. The molecule has 1 N–H and O–H groups in total. The van der Waals surface area contributed by atoms with Crippen molar-refractivity contribution in [2.75, 3.05) is 6.54 Å². The maximum atomic E-state index is 12.3. The molecule has 1 aromatic rings. The van der Waals surface area contributed by atoms with E-state index < -0.39 is 5.54 Å². The summed E-state index contributed by atoms with van der Waals surface area (Å²) in [6, 6.07) is 10.5. The van der Waals surface area contributed by atoms with Crippen molar-refractivity contribution in [1.82, 2.24) is 10.2 Å². The fourth-order valence-corrected chi connectivity index (χ4v) is 2.47. The Kier molecular flexibility index (Phi) is 3.20. The van der Waals surface area contributed by atoms with Crippen LogP contribution in [0.25, 0.3) is 0 Å². The molecule has 3 heteroatoms. The molecule has 1 atom stereocenters. The molecule has 1 fully saturated rings. The first-order valence-electron chi connectivity index (χ1n) is 6.10. The summed E-state index contributed by atoms with van der Waals surface area (Å²) in [6.07, 6.45) is 0. The molecule has 17 heavy (non-hydrogen) atoms. The Hall–Kier alpha value is -1.35. The Bertz CT molecular complexity index is 400. The van der Waals surface area contributed by atoms with E-state index in [-0.39, 0.29) is 5.91 Å². The molecule has 0 bridgehead atoms. The van der Waals surface area contributed by atoms with Crippen LogP contribution in [0, 0.1) is 0 Å². The molecule has 2 rings (SSSR count). The highest BCUT2D eigenvalue weighted by molar-refractivity contribution is 5.86. The monoisotopic (exact) mass is 232 g/mol. The number of piperazine rings is 1. The van der Waals surface area contributed by atoms with Crippen LogP contribution in [-0.4, -0.2) is 28.9 Å². The zero-order valence-electron chi connectivity index (χ0n) is 10.7. The molecule has 0 spiro atoms. The third-order valence-corrected chi connectivity index (χ3v) is 3.14. The molecule has 1 heterocycles. The summed E-state index contributed by atoms with van der Waals surface area (Å²) in [4.78, 5) is 14.2. The molecule has 0 aliphatic carbocycles. The molecule has 0 aromatic heterocycles. The molecular formula is C14H20N2O. The lowest BCUT2D eigenvalue weighted by molar-refractivity contribution is -0.141. The van der Waals surface area contributed by atoms with Gasteiger partial charge in [-0.3, -0.25) is 10.1 Å². The number of benzene rings is 1. The van der Waals surface area contributed by atoms with Gasteiger partial charge in [-0.1, -0.05) is 30.3 Å². The number of carbonyl (C=O) groups is 1. The first kappa shape index (κ1) is 12.1. The van der Waals surface area contributed by atoms with E-state index in [1.165, 1.54) is 5.56 Å². The van der Waals surface area contributed by atoms with Gasteiger partial charge in [0.05, 0.1) is 5.54 Å². The van der Waals surface area contributed by atoms with Crippen LogP contribution in [0.15, 0.2) is 30.3 Å². The number of amides is 1. The smallest absolute Gasteiger partial charge is 0.242 e. The van der Waals surface area contributed by atoms with Crippen molar-refractivity contribution in [2.24, 2.45) is 0 Å². The van der Waals surface area contributed by atoms with Crippen LogP contribution in [0.1, 0.15) is 26.3 Å². The van der Waals surface area contributed by atoms with Crippen molar-refractivity contribution >= 4 is 5.91 Å². The van der Waals surface area contributed by atoms with Gasteiger partial charge in [0.2, 0.25) is 5.91 Å². The second-order valence-electron chi connectivity index (χ2n) is 5.34. The summed E-state index contributed by atoms with van der Waals surface area (Å²) in [7, 11) is 0. The molecule has 3 nitrogen and oxygen atoms in total. The van der Waals surface area contributed by atoms with Crippen molar-refractivity contribution in [2.45, 2.75) is 38.9 Å². The molecule has 1 aliphatic rings. The van der Waals surface area contributed by atoms with Crippen LogP contribution in [0.2, 0.25) is 0 Å². The normalized spacial score (nSPS) is 23.8. The van der Waals surface area contributed by atoms with Crippen molar-refractivity contribution < 1.29 is 4.79 Å². The van der Waals surface area contributed by atoms with E-state index in [2.05, 4.69) is 24.4 Å². The van der Waals surface area contributed by atoms with Gasteiger partial charge < -0.3 is 4.90 Å². The molecule has 0 radical (unpaired) electrons. The number of hydrogen-bond donors (Lipinski definition) is 1. The second kappa shape index (κ2) is 4.49. The van der Waals surface area contributed by atoms with Crippen molar-refractivity contribution in [3.8, 4) is 0 Å². The average molecular weight is 232 g/mol. The van der Waals surface area contributed by atoms with Crippen LogP contribution >= 0.6 is 0 Å². The molecule has 1 saturated heterocycles. The van der Waals surface area contributed by atoms with E-state index in [4.69, 9.17) is 0 Å². The highest BCUT2D eigenvalue weighted by Gasteiger charge is 2.37. The maximum Gasteiger partial charge on any atom is 0.242 e. The van der Waals surface area contributed by atoms with E-state index in [1.54, 1.807) is 0 Å². The third-order valence-electron chi connectivity index (χ3n) is 3.14. The van der Waals surface area contributed by atoms with E-state index in [1.807, 2.05) is 36.9 Å². The quantitative estimate of drug-likeness (QED) is 0.843. The minimum absolute atomic E-state index is 0.180. The summed E-state index contributed by atoms with van der Waals surface area (Å²) < 4.78 is 0. The SMILES string of the molecule is CC1CN(Cc2ccccc2)C(=O)C(C)(C)N1. The minimum Gasteiger partial charge on any atom is -0.335 e. The molecule has 1 unspecified atom stereocenters. The second-order valence-corrected chi connectivity index (χ2v) is 5.34. The van der Waals surface area contributed by atoms with E-state index >= 15 is 0 Å². The van der Waals surface area contributed by atoms with Gasteiger partial charge in [-0.25, -0.2) is 0 Å². The summed E-state index contributed by atoms with van der Waals surface area (Å²) in [5.41, 5.74) is 0.734. The average Bonchev–Trinajstić information content (AvgIpc) is 2.26. The number of carbonyl (C=O) groups excluding carboxylic acids is 1. The standard InChI is InChI=1S/C14H20N2O/c1-11-9-16(13(17)14(2,3)15-11)10-12-7-5-4-6-8-12/h4-8,11,15H,9-10H2,1-3H3. The lowest BCUT2D eigenvalue weighted by Gasteiger charge is -2.41. The van der Waals surface area contributed by atoms with Gasteiger partial charge in [-0.15, -0.1) is 0 Å². The highest BCUT2D eigenvalue weighted by Crippen LogP contribution is 2.18. The Morgan fingerprint density at radius 3 is 2.65 bits per heavy atom. The predicted molar refractivity (Wildman–Crippen MR) is 68.5 cm³/mol. The zero-order valence-corrected chi connectivity index (χ0v) is 10.7. The van der Waals surface area contributed by atoms with Crippen LogP contribution in [0.3, 0.4) is 0 Å². The Labute approximate surface area is 103 Å². The summed E-state index contributed by atoms with van der Waals surface area (Å²) in [5, 5.41) is 3.33.